The molecule has 1 aliphatic rings. The summed E-state index contributed by atoms with van der Waals surface area (Å²) in [7, 11) is 0. The van der Waals surface area contributed by atoms with E-state index in [4.69, 9.17) is 14.2 Å². The van der Waals surface area contributed by atoms with E-state index >= 15 is 0 Å². The number of hydrogen-bond acceptors (Lipinski definition) is 10. The minimum atomic E-state index is -2.01. The van der Waals surface area contributed by atoms with Crippen LogP contribution in [0.15, 0.2) is 18.5 Å². The number of ether oxygens (including phenoxy) is 3. The largest absolute Gasteiger partial charge is 0.457 e. The van der Waals surface area contributed by atoms with E-state index in [1.165, 1.54) is 16.9 Å². The van der Waals surface area contributed by atoms with E-state index in [1.54, 1.807) is 6.07 Å². The first-order chi connectivity index (χ1) is 16.8. The van der Waals surface area contributed by atoms with Crippen LogP contribution < -0.4 is 5.32 Å². The molecular weight excluding hydrogens is 458 g/mol. The molecule has 3 N–H and O–H groups in total. The van der Waals surface area contributed by atoms with Crippen molar-refractivity contribution in [2.24, 2.45) is 5.92 Å². The molecule has 1 saturated heterocycles. The van der Waals surface area contributed by atoms with E-state index in [0.717, 1.165) is 19.3 Å². The zero-order chi connectivity index (χ0) is 25.6. The molecule has 12 nitrogen and oxygen atoms in total. The summed E-state index contributed by atoms with van der Waals surface area (Å²) < 4.78 is 17.6. The van der Waals surface area contributed by atoms with Crippen molar-refractivity contribution in [3.8, 4) is 6.07 Å². The number of nitriles is 1. The fourth-order valence-corrected chi connectivity index (χ4v) is 3.95. The Labute approximate surface area is 202 Å². The van der Waals surface area contributed by atoms with Crippen LogP contribution in [0.5, 0.6) is 0 Å². The Bertz CT molecular complexity index is 1080. The number of unbranched alkanes of at least 4 members (excludes halogenated alkanes) is 2. The summed E-state index contributed by atoms with van der Waals surface area (Å²) in [6.07, 6.45) is -0.763. The van der Waals surface area contributed by atoms with Crippen molar-refractivity contribution in [1.82, 2.24) is 14.6 Å². The third-order valence-corrected chi connectivity index (χ3v) is 5.65. The smallest absolute Gasteiger partial charge is 0.412 e. The number of esters is 1. The molecule has 1 amide bonds. The average molecular weight is 490 g/mol. The van der Waals surface area contributed by atoms with E-state index in [2.05, 4.69) is 15.4 Å². The lowest BCUT2D eigenvalue weighted by atomic mass is 9.92. The van der Waals surface area contributed by atoms with Crippen LogP contribution in [0.4, 0.5) is 10.6 Å². The number of aliphatic hydroxyl groups excluding tert-OH is 2. The average Bonchev–Trinajstić information content (AvgIpc) is 3.37. The van der Waals surface area contributed by atoms with E-state index < -0.39 is 42.6 Å². The highest BCUT2D eigenvalue weighted by Crippen LogP contribution is 2.41. The summed E-state index contributed by atoms with van der Waals surface area (Å²) in [4.78, 5) is 28.5. The summed E-state index contributed by atoms with van der Waals surface area (Å²) in [5.41, 5.74) is -1.57. The summed E-state index contributed by atoms with van der Waals surface area (Å²) in [6.45, 7) is 5.40. The molecule has 0 bridgehead atoms. The topological polar surface area (TPSA) is 168 Å². The van der Waals surface area contributed by atoms with Gasteiger partial charge in [-0.25, -0.2) is 14.3 Å². The fourth-order valence-electron chi connectivity index (χ4n) is 3.95. The van der Waals surface area contributed by atoms with Gasteiger partial charge in [0.25, 0.3) is 0 Å². The molecule has 4 atom stereocenters. The number of nitrogens with zero attached hydrogens (tertiary/aromatic N) is 4. The second-order valence-corrected chi connectivity index (χ2v) is 8.78. The van der Waals surface area contributed by atoms with Gasteiger partial charge in [-0.2, -0.15) is 10.4 Å². The highest BCUT2D eigenvalue weighted by atomic mass is 16.6. The Morgan fingerprint density at radius 2 is 2.14 bits per heavy atom. The number of aromatic nitrogens is 3. The first-order valence-electron chi connectivity index (χ1n) is 11.6. The molecule has 12 heteroatoms. The van der Waals surface area contributed by atoms with Gasteiger partial charge in [-0.1, -0.05) is 33.6 Å². The Morgan fingerprint density at radius 1 is 1.37 bits per heavy atom. The third kappa shape index (κ3) is 5.53. The molecule has 1 aliphatic heterocycles. The number of carbonyl (C=O) groups excluding carboxylic acids is 2. The Morgan fingerprint density at radius 3 is 2.80 bits per heavy atom. The monoisotopic (exact) mass is 489 g/mol. The van der Waals surface area contributed by atoms with Crippen LogP contribution in [0.3, 0.4) is 0 Å². The summed E-state index contributed by atoms with van der Waals surface area (Å²) >= 11 is 0. The SMILES string of the molecule is CCCCCOC(=O)Nc1ncnn2c([C@]3(C#N)O[C@H](CO)[C@@H](OC(=O)CC(C)C)[C@H]3O)ccc12. The van der Waals surface area contributed by atoms with E-state index in [9.17, 15) is 25.1 Å². The van der Waals surface area contributed by atoms with Crippen molar-refractivity contribution >= 4 is 23.4 Å². The van der Waals surface area contributed by atoms with Gasteiger partial charge < -0.3 is 24.4 Å². The normalized spacial score (nSPS) is 23.9. The molecule has 1 fully saturated rings. The van der Waals surface area contributed by atoms with Gasteiger partial charge in [0.05, 0.1) is 18.9 Å². The first-order valence-corrected chi connectivity index (χ1v) is 11.6. The van der Waals surface area contributed by atoms with Gasteiger partial charge >= 0.3 is 12.1 Å². The zero-order valence-electron chi connectivity index (χ0n) is 20.0. The Balaban J connectivity index is 1.88. The lowest BCUT2D eigenvalue weighted by molar-refractivity contribution is -0.157. The number of aliphatic hydroxyl groups is 2. The summed E-state index contributed by atoms with van der Waals surface area (Å²) in [5, 5.41) is 37.7. The molecule has 35 heavy (non-hydrogen) atoms. The summed E-state index contributed by atoms with van der Waals surface area (Å²) in [5.74, 6) is -0.428. The lowest BCUT2D eigenvalue weighted by Crippen LogP contribution is -2.43. The van der Waals surface area contributed by atoms with Gasteiger partial charge in [0.1, 0.15) is 30.1 Å². The van der Waals surface area contributed by atoms with Crippen LogP contribution in [0, 0.1) is 17.2 Å². The van der Waals surface area contributed by atoms with Gasteiger partial charge in [0.15, 0.2) is 11.9 Å². The van der Waals surface area contributed by atoms with Gasteiger partial charge in [0.2, 0.25) is 5.60 Å². The maximum absolute atomic E-state index is 12.2. The number of carbonyl (C=O) groups is 2. The maximum Gasteiger partial charge on any atom is 0.412 e. The molecule has 3 rings (SSSR count). The number of rotatable bonds is 10. The molecule has 0 aliphatic carbocycles. The molecule has 0 radical (unpaired) electrons. The third-order valence-electron chi connectivity index (χ3n) is 5.65. The minimum absolute atomic E-state index is 0.0193. The number of amides is 1. The van der Waals surface area contributed by atoms with E-state index in [0.29, 0.717) is 5.52 Å². The number of hydrogen-bond donors (Lipinski definition) is 3. The van der Waals surface area contributed by atoms with Crippen LogP contribution in [0.25, 0.3) is 5.52 Å². The molecule has 0 unspecified atom stereocenters. The minimum Gasteiger partial charge on any atom is -0.457 e. The van der Waals surface area contributed by atoms with Crippen LogP contribution in [0.1, 0.15) is 52.1 Å². The van der Waals surface area contributed by atoms with Crippen molar-refractivity contribution in [2.45, 2.75) is 70.4 Å². The van der Waals surface area contributed by atoms with Crippen LogP contribution in [0.2, 0.25) is 0 Å². The van der Waals surface area contributed by atoms with Crippen molar-refractivity contribution in [3.05, 3.63) is 24.2 Å². The predicted octanol–water partition coefficient (Wildman–Crippen LogP) is 1.90. The molecule has 190 valence electrons. The fraction of sp³-hybridized carbons (Fsp3) is 0.609. The number of fused-ring (bicyclic) bond motifs is 1. The van der Waals surface area contributed by atoms with Gasteiger partial charge in [-0.3, -0.25) is 10.1 Å². The van der Waals surface area contributed by atoms with Crippen molar-refractivity contribution in [2.75, 3.05) is 18.5 Å². The van der Waals surface area contributed by atoms with E-state index in [-0.39, 0.29) is 30.5 Å². The number of anilines is 1. The quantitative estimate of drug-likeness (QED) is 0.331. The van der Waals surface area contributed by atoms with Crippen molar-refractivity contribution in [1.29, 1.82) is 5.26 Å². The molecule has 2 aromatic heterocycles. The lowest BCUT2D eigenvalue weighted by Gasteiger charge is -2.25. The molecular formula is C23H31N5O7. The number of nitrogens with one attached hydrogen (secondary N) is 1. The van der Waals surface area contributed by atoms with Crippen molar-refractivity contribution in [3.63, 3.8) is 0 Å². The molecule has 3 heterocycles. The molecule has 2 aromatic rings. The Hall–Kier alpha value is -3.27. The highest BCUT2D eigenvalue weighted by molar-refractivity contribution is 5.88. The molecule has 0 saturated carbocycles. The Kier molecular flexibility index (Phi) is 8.61. The summed E-state index contributed by atoms with van der Waals surface area (Å²) in [6, 6.07) is 4.99. The standard InChI is InChI=1S/C23H31N5O7/c1-4-5-6-9-33-22(32)27-21-15-7-8-17(28(15)26-13-25-21)23(12-24)20(31)19(16(11-29)35-23)34-18(30)10-14(2)3/h7-8,13-14,16,19-20,29,31H,4-6,9-11H2,1-3H3,(H,25,26,27,32)/t16-,19-,20-,23+/m1/s1. The van der Waals surface area contributed by atoms with Gasteiger partial charge in [-0.05, 0) is 24.5 Å². The van der Waals surface area contributed by atoms with Crippen LogP contribution in [-0.2, 0) is 24.6 Å². The van der Waals surface area contributed by atoms with E-state index in [1.807, 2.05) is 26.8 Å². The van der Waals surface area contributed by atoms with Crippen molar-refractivity contribution < 1.29 is 34.0 Å². The zero-order valence-corrected chi connectivity index (χ0v) is 20.0. The van der Waals surface area contributed by atoms with Crippen LogP contribution in [-0.4, -0.2) is 68.4 Å². The molecule has 0 spiro atoms. The second-order valence-electron chi connectivity index (χ2n) is 8.78. The van der Waals surface area contributed by atoms with Gasteiger partial charge in [0, 0.05) is 6.42 Å². The highest BCUT2D eigenvalue weighted by Gasteiger charge is 2.59. The predicted molar refractivity (Wildman–Crippen MR) is 122 cm³/mol. The van der Waals surface area contributed by atoms with Crippen LogP contribution >= 0.6 is 0 Å². The first kappa shape index (κ1) is 26.3. The van der Waals surface area contributed by atoms with Gasteiger partial charge in [-0.15, -0.1) is 0 Å². The molecule has 0 aromatic carbocycles. The maximum atomic E-state index is 12.2. The second kappa shape index (κ2) is 11.4.